The normalized spacial score (nSPS) is 11.7. The molecule has 3 aromatic rings. The lowest BCUT2D eigenvalue weighted by Crippen LogP contribution is -2.50. The van der Waals surface area contributed by atoms with Crippen LogP contribution in [0.25, 0.3) is 11.1 Å². The minimum Gasteiger partial charge on any atom is -0.341 e. The van der Waals surface area contributed by atoms with Crippen molar-refractivity contribution >= 4 is 21.7 Å². The molecule has 0 aromatic heterocycles. The molecule has 33 heavy (non-hydrogen) atoms. The van der Waals surface area contributed by atoms with E-state index in [0.29, 0.717) is 5.56 Å². The average Bonchev–Trinajstić information content (AvgIpc) is 2.83. The first-order valence-electron chi connectivity index (χ1n) is 10.2. The summed E-state index contributed by atoms with van der Waals surface area (Å²) in [7, 11) is -3.73. The van der Waals surface area contributed by atoms with E-state index in [4.69, 9.17) is 5.26 Å². The fourth-order valence-corrected chi connectivity index (χ4v) is 4.82. The molecule has 2 amide bonds. The summed E-state index contributed by atoms with van der Waals surface area (Å²) in [5.74, 6) is -2.17. The Hall–Kier alpha value is -3.96. The zero-order chi connectivity index (χ0) is 23.7. The summed E-state index contributed by atoms with van der Waals surface area (Å²) in [6.07, 6.45) is 0. The zero-order valence-electron chi connectivity index (χ0n) is 17.8. The minimum atomic E-state index is -3.73. The molecular formula is C25H23N3O4S. The van der Waals surface area contributed by atoms with Crippen LogP contribution in [0.3, 0.4) is 0 Å². The van der Waals surface area contributed by atoms with Gasteiger partial charge in [0.1, 0.15) is 12.6 Å². The van der Waals surface area contributed by atoms with E-state index in [-0.39, 0.29) is 17.9 Å². The van der Waals surface area contributed by atoms with E-state index in [1.807, 2.05) is 30.3 Å². The largest absolute Gasteiger partial charge is 0.341 e. The first-order valence-corrected chi connectivity index (χ1v) is 12.1. The molecule has 7 nitrogen and oxygen atoms in total. The summed E-state index contributed by atoms with van der Waals surface area (Å²) in [5.41, 5.74) is 2.77. The molecule has 0 spiro atoms. The molecule has 2 N–H and O–H groups in total. The summed E-state index contributed by atoms with van der Waals surface area (Å²) >= 11 is 0. The average molecular weight is 462 g/mol. The SMILES string of the molecule is N#CCNC(=O)[C@H](CS(=O)(=O)Cc1ccccc1)NC(=O)c1ccc(-c2ccccc2)cc1. The van der Waals surface area contributed by atoms with Crippen LogP contribution in [-0.2, 0) is 20.4 Å². The first kappa shape index (κ1) is 23.7. The maximum Gasteiger partial charge on any atom is 0.251 e. The highest BCUT2D eigenvalue weighted by Crippen LogP contribution is 2.19. The second kappa shape index (κ2) is 11.1. The zero-order valence-corrected chi connectivity index (χ0v) is 18.6. The van der Waals surface area contributed by atoms with Crippen molar-refractivity contribution in [3.05, 3.63) is 96.1 Å². The molecule has 0 saturated heterocycles. The van der Waals surface area contributed by atoms with Crippen LogP contribution in [-0.4, -0.2) is 38.6 Å². The van der Waals surface area contributed by atoms with Gasteiger partial charge >= 0.3 is 0 Å². The highest BCUT2D eigenvalue weighted by Gasteiger charge is 2.27. The molecule has 0 aliphatic rings. The Labute approximate surface area is 193 Å². The highest BCUT2D eigenvalue weighted by molar-refractivity contribution is 7.90. The molecule has 3 aromatic carbocycles. The van der Waals surface area contributed by atoms with E-state index in [9.17, 15) is 18.0 Å². The Morgan fingerprint density at radius 2 is 1.42 bits per heavy atom. The topological polar surface area (TPSA) is 116 Å². The van der Waals surface area contributed by atoms with Crippen molar-refractivity contribution in [1.82, 2.24) is 10.6 Å². The van der Waals surface area contributed by atoms with E-state index >= 15 is 0 Å². The predicted molar refractivity (Wildman–Crippen MR) is 126 cm³/mol. The molecule has 0 saturated carbocycles. The predicted octanol–water partition coefficient (Wildman–Crippen LogP) is 2.71. The smallest absolute Gasteiger partial charge is 0.251 e. The molecule has 0 heterocycles. The van der Waals surface area contributed by atoms with Crippen molar-refractivity contribution in [2.24, 2.45) is 0 Å². The molecule has 168 valence electrons. The van der Waals surface area contributed by atoms with Crippen molar-refractivity contribution in [1.29, 1.82) is 5.26 Å². The van der Waals surface area contributed by atoms with Crippen LogP contribution < -0.4 is 10.6 Å². The lowest BCUT2D eigenvalue weighted by atomic mass is 10.0. The van der Waals surface area contributed by atoms with Gasteiger partial charge in [-0.15, -0.1) is 0 Å². The molecule has 3 rings (SSSR count). The van der Waals surface area contributed by atoms with Crippen LogP contribution >= 0.6 is 0 Å². The second-order valence-corrected chi connectivity index (χ2v) is 9.49. The van der Waals surface area contributed by atoms with Gasteiger partial charge in [-0.05, 0) is 28.8 Å². The third-order valence-corrected chi connectivity index (χ3v) is 6.48. The monoisotopic (exact) mass is 461 g/mol. The van der Waals surface area contributed by atoms with Gasteiger partial charge in [0.2, 0.25) is 5.91 Å². The lowest BCUT2D eigenvalue weighted by molar-refractivity contribution is -0.122. The van der Waals surface area contributed by atoms with Gasteiger partial charge in [0, 0.05) is 5.56 Å². The quantitative estimate of drug-likeness (QED) is 0.475. The second-order valence-electron chi connectivity index (χ2n) is 7.39. The maximum absolute atomic E-state index is 12.8. The van der Waals surface area contributed by atoms with Crippen molar-refractivity contribution in [3.8, 4) is 17.2 Å². The van der Waals surface area contributed by atoms with Gasteiger partial charge in [-0.2, -0.15) is 5.26 Å². The number of carbonyl (C=O) groups is 2. The van der Waals surface area contributed by atoms with Gasteiger partial charge in [-0.1, -0.05) is 72.8 Å². The summed E-state index contributed by atoms with van der Waals surface area (Å²) in [5, 5.41) is 13.6. The fourth-order valence-electron chi connectivity index (χ4n) is 3.26. The number of hydrogen-bond donors (Lipinski definition) is 2. The molecule has 8 heteroatoms. The highest BCUT2D eigenvalue weighted by atomic mass is 32.2. The molecule has 1 atom stereocenters. The third kappa shape index (κ3) is 7.02. The van der Waals surface area contributed by atoms with Crippen LogP contribution in [0.2, 0.25) is 0 Å². The van der Waals surface area contributed by atoms with Crippen LogP contribution in [0, 0.1) is 11.3 Å². The van der Waals surface area contributed by atoms with Gasteiger partial charge in [0.05, 0.1) is 17.6 Å². The van der Waals surface area contributed by atoms with E-state index in [1.165, 1.54) is 0 Å². The molecule has 0 fully saturated rings. The van der Waals surface area contributed by atoms with E-state index in [0.717, 1.165) is 11.1 Å². The van der Waals surface area contributed by atoms with Crippen molar-refractivity contribution in [3.63, 3.8) is 0 Å². The number of nitriles is 1. The Bertz CT molecular complexity index is 1240. The van der Waals surface area contributed by atoms with Gasteiger partial charge in [0.15, 0.2) is 9.84 Å². The molecule has 0 radical (unpaired) electrons. The van der Waals surface area contributed by atoms with Crippen molar-refractivity contribution < 1.29 is 18.0 Å². The Balaban J connectivity index is 1.74. The summed E-state index contributed by atoms with van der Waals surface area (Å²) in [6, 6.07) is 25.4. The number of nitrogens with one attached hydrogen (secondary N) is 2. The summed E-state index contributed by atoms with van der Waals surface area (Å²) in [6.45, 7) is -0.296. The summed E-state index contributed by atoms with van der Waals surface area (Å²) in [4.78, 5) is 25.3. The Morgan fingerprint density at radius 3 is 2.03 bits per heavy atom. The fraction of sp³-hybridized carbons (Fsp3) is 0.160. The number of nitrogens with zero attached hydrogens (tertiary/aromatic N) is 1. The van der Waals surface area contributed by atoms with Crippen LogP contribution in [0.5, 0.6) is 0 Å². The van der Waals surface area contributed by atoms with Gasteiger partial charge in [0.25, 0.3) is 5.91 Å². The third-order valence-electron chi connectivity index (χ3n) is 4.87. The van der Waals surface area contributed by atoms with Crippen LogP contribution in [0.1, 0.15) is 15.9 Å². The molecule has 0 aliphatic carbocycles. The molecule has 0 unspecified atom stereocenters. The Kier molecular flexibility index (Phi) is 7.95. The van der Waals surface area contributed by atoms with Crippen LogP contribution in [0.4, 0.5) is 0 Å². The number of rotatable bonds is 9. The molecular weight excluding hydrogens is 438 g/mol. The van der Waals surface area contributed by atoms with Gasteiger partial charge in [-0.3, -0.25) is 9.59 Å². The number of sulfone groups is 1. The van der Waals surface area contributed by atoms with Gasteiger partial charge in [-0.25, -0.2) is 8.42 Å². The molecule has 0 bridgehead atoms. The minimum absolute atomic E-state index is 0.266. The van der Waals surface area contributed by atoms with Gasteiger partial charge < -0.3 is 10.6 Å². The Morgan fingerprint density at radius 1 is 0.848 bits per heavy atom. The van der Waals surface area contributed by atoms with E-state index in [1.54, 1.807) is 60.7 Å². The number of carbonyl (C=O) groups excluding carboxylic acids is 2. The van der Waals surface area contributed by atoms with Crippen LogP contribution in [0.15, 0.2) is 84.9 Å². The standard InChI is InChI=1S/C25H23N3O4S/c26-15-16-27-25(30)23(18-33(31,32)17-19-7-3-1-4-8-19)28-24(29)22-13-11-21(12-14-22)20-9-5-2-6-10-20/h1-14,23H,16-18H2,(H,27,30)(H,28,29)/t23-/m0/s1. The first-order chi connectivity index (χ1) is 15.9. The number of amides is 2. The number of benzene rings is 3. The van der Waals surface area contributed by atoms with E-state index in [2.05, 4.69) is 10.6 Å². The lowest BCUT2D eigenvalue weighted by Gasteiger charge is -2.18. The van der Waals surface area contributed by atoms with E-state index < -0.39 is 33.4 Å². The van der Waals surface area contributed by atoms with Crippen molar-refractivity contribution in [2.45, 2.75) is 11.8 Å². The summed E-state index contributed by atoms with van der Waals surface area (Å²) < 4.78 is 25.4. The van der Waals surface area contributed by atoms with Crippen molar-refractivity contribution in [2.75, 3.05) is 12.3 Å². The molecule has 0 aliphatic heterocycles. The maximum atomic E-state index is 12.8. The number of hydrogen-bond acceptors (Lipinski definition) is 5.